The predicted octanol–water partition coefficient (Wildman–Crippen LogP) is 1.91. The number of benzene rings is 1. The van der Waals surface area contributed by atoms with Gasteiger partial charge in [-0.05, 0) is 32.0 Å². The Morgan fingerprint density at radius 1 is 1.26 bits per heavy atom. The maximum atomic E-state index is 12.1. The van der Waals surface area contributed by atoms with Gasteiger partial charge in [-0.15, -0.1) is 0 Å². The topological polar surface area (TPSA) is 66.8 Å². The van der Waals surface area contributed by atoms with Crippen LogP contribution >= 0.6 is 0 Å². The Labute approximate surface area is 134 Å². The van der Waals surface area contributed by atoms with Crippen molar-refractivity contribution in [2.45, 2.75) is 26.9 Å². The third-order valence-electron chi connectivity index (χ3n) is 4.01. The van der Waals surface area contributed by atoms with Crippen LogP contribution in [0, 0.1) is 13.8 Å². The highest BCUT2D eigenvalue weighted by molar-refractivity contribution is 5.72. The van der Waals surface area contributed by atoms with Crippen LogP contribution in [0.5, 0.6) is 0 Å². The molecule has 6 nitrogen and oxygen atoms in total. The van der Waals surface area contributed by atoms with E-state index in [4.69, 9.17) is 0 Å². The number of aromatic amines is 1. The number of rotatable bonds is 4. The SMILES string of the molecule is Cc1ccc(CN(C)Cc2nc3c(cnn3C)c(=O)[nH]2)c(C)c1. The van der Waals surface area contributed by atoms with Gasteiger partial charge in [0.2, 0.25) is 0 Å². The lowest BCUT2D eigenvalue weighted by molar-refractivity contribution is 0.310. The summed E-state index contributed by atoms with van der Waals surface area (Å²) in [5.41, 5.74) is 4.30. The molecule has 0 bridgehead atoms. The van der Waals surface area contributed by atoms with E-state index in [0.717, 1.165) is 6.54 Å². The molecule has 0 saturated heterocycles. The number of nitrogens with zero attached hydrogens (tertiary/aromatic N) is 4. The Morgan fingerprint density at radius 3 is 2.78 bits per heavy atom. The smallest absolute Gasteiger partial charge is 0.262 e. The van der Waals surface area contributed by atoms with Gasteiger partial charge >= 0.3 is 0 Å². The highest BCUT2D eigenvalue weighted by Crippen LogP contribution is 2.13. The molecule has 1 N–H and O–H groups in total. The molecule has 0 aliphatic heterocycles. The Balaban J connectivity index is 1.81. The second-order valence-corrected chi connectivity index (χ2v) is 6.12. The lowest BCUT2D eigenvalue weighted by atomic mass is 10.1. The third-order valence-corrected chi connectivity index (χ3v) is 4.01. The van der Waals surface area contributed by atoms with Gasteiger partial charge in [0.25, 0.3) is 5.56 Å². The maximum absolute atomic E-state index is 12.1. The number of fused-ring (bicyclic) bond motifs is 1. The lowest BCUT2D eigenvalue weighted by Gasteiger charge is -2.17. The van der Waals surface area contributed by atoms with Gasteiger partial charge in [0, 0.05) is 13.6 Å². The first kappa shape index (κ1) is 15.4. The molecular weight excluding hydrogens is 290 g/mol. The molecule has 120 valence electrons. The number of aromatic nitrogens is 4. The van der Waals surface area contributed by atoms with Gasteiger partial charge in [-0.25, -0.2) is 4.98 Å². The Bertz CT molecular complexity index is 909. The zero-order valence-electron chi connectivity index (χ0n) is 13.9. The van der Waals surface area contributed by atoms with Crippen molar-refractivity contribution in [1.29, 1.82) is 0 Å². The molecule has 1 aromatic carbocycles. The molecule has 2 heterocycles. The minimum Gasteiger partial charge on any atom is -0.309 e. The molecule has 0 radical (unpaired) electrons. The first-order chi connectivity index (χ1) is 10.9. The lowest BCUT2D eigenvalue weighted by Crippen LogP contribution is -2.22. The summed E-state index contributed by atoms with van der Waals surface area (Å²) in [7, 11) is 3.81. The summed E-state index contributed by atoms with van der Waals surface area (Å²) >= 11 is 0. The van der Waals surface area contributed by atoms with E-state index in [1.807, 2.05) is 7.05 Å². The summed E-state index contributed by atoms with van der Waals surface area (Å²) < 4.78 is 1.62. The normalized spacial score (nSPS) is 11.5. The molecule has 3 rings (SSSR count). The van der Waals surface area contributed by atoms with E-state index in [-0.39, 0.29) is 5.56 Å². The minimum absolute atomic E-state index is 0.141. The molecule has 0 unspecified atom stereocenters. The van der Waals surface area contributed by atoms with Gasteiger partial charge in [0.05, 0.1) is 12.7 Å². The van der Waals surface area contributed by atoms with Crippen LogP contribution in [0.3, 0.4) is 0 Å². The fraction of sp³-hybridized carbons (Fsp3) is 0.353. The molecule has 6 heteroatoms. The zero-order valence-corrected chi connectivity index (χ0v) is 13.9. The Kier molecular flexibility index (Phi) is 4.00. The number of hydrogen-bond acceptors (Lipinski definition) is 4. The largest absolute Gasteiger partial charge is 0.309 e. The van der Waals surface area contributed by atoms with E-state index in [9.17, 15) is 4.79 Å². The molecule has 0 aliphatic rings. The summed E-state index contributed by atoms with van der Waals surface area (Å²) in [4.78, 5) is 21.6. The molecule has 0 amide bonds. The van der Waals surface area contributed by atoms with Crippen molar-refractivity contribution >= 4 is 11.0 Å². The van der Waals surface area contributed by atoms with E-state index in [2.05, 4.69) is 52.0 Å². The molecule has 0 spiro atoms. The summed E-state index contributed by atoms with van der Waals surface area (Å²) in [5, 5.41) is 4.61. The van der Waals surface area contributed by atoms with Crippen molar-refractivity contribution in [3.05, 3.63) is 57.3 Å². The monoisotopic (exact) mass is 311 g/mol. The van der Waals surface area contributed by atoms with Gasteiger partial charge in [-0.2, -0.15) is 5.10 Å². The molecule has 0 saturated carbocycles. The van der Waals surface area contributed by atoms with Crippen LogP contribution in [0.25, 0.3) is 11.0 Å². The number of nitrogens with one attached hydrogen (secondary N) is 1. The number of H-pyrrole nitrogens is 1. The van der Waals surface area contributed by atoms with Crippen LogP contribution in [0.2, 0.25) is 0 Å². The summed E-state index contributed by atoms with van der Waals surface area (Å²) in [6, 6.07) is 6.46. The third kappa shape index (κ3) is 3.17. The van der Waals surface area contributed by atoms with E-state index >= 15 is 0 Å². The summed E-state index contributed by atoms with van der Waals surface area (Å²) in [6.07, 6.45) is 1.55. The van der Waals surface area contributed by atoms with Gasteiger partial charge in [0.15, 0.2) is 5.65 Å². The summed E-state index contributed by atoms with van der Waals surface area (Å²) in [5.74, 6) is 0.651. The van der Waals surface area contributed by atoms with Crippen LogP contribution in [0.4, 0.5) is 0 Å². The van der Waals surface area contributed by atoms with Crippen molar-refractivity contribution < 1.29 is 0 Å². The minimum atomic E-state index is -0.141. The van der Waals surface area contributed by atoms with Crippen molar-refractivity contribution in [2.24, 2.45) is 7.05 Å². The predicted molar refractivity (Wildman–Crippen MR) is 90.2 cm³/mol. The van der Waals surface area contributed by atoms with Crippen molar-refractivity contribution in [3.63, 3.8) is 0 Å². The van der Waals surface area contributed by atoms with Crippen LogP contribution in [-0.4, -0.2) is 31.7 Å². The highest BCUT2D eigenvalue weighted by Gasteiger charge is 2.10. The van der Waals surface area contributed by atoms with Gasteiger partial charge in [-0.1, -0.05) is 23.8 Å². The van der Waals surface area contributed by atoms with Crippen LogP contribution in [0.15, 0.2) is 29.2 Å². The molecule has 0 aliphatic carbocycles. The van der Waals surface area contributed by atoms with Gasteiger partial charge < -0.3 is 4.98 Å². The molecule has 0 fully saturated rings. The van der Waals surface area contributed by atoms with Gasteiger partial charge in [0.1, 0.15) is 11.2 Å². The maximum Gasteiger partial charge on any atom is 0.262 e. The first-order valence-corrected chi connectivity index (χ1v) is 7.59. The quantitative estimate of drug-likeness (QED) is 0.799. The standard InChI is InChI=1S/C17H21N5O/c1-11-5-6-13(12(2)7-11)9-21(3)10-15-19-16-14(17(23)20-15)8-18-22(16)4/h5-8H,9-10H2,1-4H3,(H,19,20,23). The van der Waals surface area contributed by atoms with Crippen molar-refractivity contribution in [1.82, 2.24) is 24.6 Å². The summed E-state index contributed by atoms with van der Waals surface area (Å²) in [6.45, 7) is 5.60. The van der Waals surface area contributed by atoms with Crippen LogP contribution in [-0.2, 0) is 20.1 Å². The molecule has 23 heavy (non-hydrogen) atoms. The fourth-order valence-electron chi connectivity index (χ4n) is 2.78. The number of hydrogen-bond donors (Lipinski definition) is 1. The van der Waals surface area contributed by atoms with Crippen molar-refractivity contribution in [2.75, 3.05) is 7.05 Å². The zero-order chi connectivity index (χ0) is 16.6. The first-order valence-electron chi connectivity index (χ1n) is 7.59. The molecule has 3 aromatic rings. The van der Waals surface area contributed by atoms with E-state index < -0.39 is 0 Å². The van der Waals surface area contributed by atoms with E-state index in [1.165, 1.54) is 16.7 Å². The van der Waals surface area contributed by atoms with Crippen molar-refractivity contribution in [3.8, 4) is 0 Å². The second-order valence-electron chi connectivity index (χ2n) is 6.12. The van der Waals surface area contributed by atoms with Gasteiger partial charge in [-0.3, -0.25) is 14.4 Å². The second kappa shape index (κ2) is 5.96. The average molecular weight is 311 g/mol. The van der Waals surface area contributed by atoms with Crippen LogP contribution in [0.1, 0.15) is 22.5 Å². The molecule has 2 aromatic heterocycles. The van der Waals surface area contributed by atoms with Crippen LogP contribution < -0.4 is 5.56 Å². The Hall–Kier alpha value is -2.47. The Morgan fingerprint density at radius 2 is 2.04 bits per heavy atom. The van der Waals surface area contributed by atoms with E-state index in [0.29, 0.717) is 23.4 Å². The number of aryl methyl sites for hydroxylation is 3. The average Bonchev–Trinajstić information content (AvgIpc) is 2.84. The highest BCUT2D eigenvalue weighted by atomic mass is 16.1. The molecule has 0 atom stereocenters. The fourth-order valence-corrected chi connectivity index (χ4v) is 2.78. The van der Waals surface area contributed by atoms with E-state index in [1.54, 1.807) is 17.9 Å². The molecular formula is C17H21N5O.